The molecule has 1 fully saturated rings. The topological polar surface area (TPSA) is 44.1 Å². The minimum atomic E-state index is -2.63. The minimum Gasteiger partial charge on any atom is -0.439 e. The summed E-state index contributed by atoms with van der Waals surface area (Å²) < 4.78 is 33.9. The molecule has 4 rings (SSSR count). The van der Waals surface area contributed by atoms with Crippen LogP contribution in [0.1, 0.15) is 6.42 Å². The van der Waals surface area contributed by atoms with Gasteiger partial charge < -0.3 is 4.74 Å². The fourth-order valence-electron chi connectivity index (χ4n) is 2.50. The van der Waals surface area contributed by atoms with Crippen molar-refractivity contribution < 1.29 is 13.5 Å². The first-order valence-electron chi connectivity index (χ1n) is 7.13. The lowest BCUT2D eigenvalue weighted by Crippen LogP contribution is -2.15. The number of benzene rings is 1. The second-order valence-corrected chi connectivity index (χ2v) is 6.53. The highest BCUT2D eigenvalue weighted by Crippen LogP contribution is 2.49. The molecule has 1 atom stereocenters. The van der Waals surface area contributed by atoms with Crippen LogP contribution in [0.15, 0.2) is 47.4 Å². The van der Waals surface area contributed by atoms with Crippen LogP contribution in [0.4, 0.5) is 8.78 Å². The zero-order chi connectivity index (χ0) is 16.0. The third kappa shape index (κ3) is 2.72. The Morgan fingerprint density at radius 2 is 2.17 bits per heavy atom. The third-order valence-corrected chi connectivity index (χ3v) is 4.80. The highest BCUT2D eigenvalue weighted by Gasteiger charge is 2.56. The molecule has 2 aromatic heterocycles. The molecule has 1 aromatic carbocycles. The molecule has 1 aliphatic carbocycles. The zero-order valence-electron chi connectivity index (χ0n) is 11.9. The number of hydrogen-bond acceptors (Lipinski definition) is 4. The van der Waals surface area contributed by atoms with Crippen LogP contribution in [0.5, 0.6) is 11.6 Å². The molecule has 1 unspecified atom stereocenters. The van der Waals surface area contributed by atoms with Gasteiger partial charge in [0.2, 0.25) is 5.88 Å². The van der Waals surface area contributed by atoms with Crippen LogP contribution in [0.3, 0.4) is 0 Å². The van der Waals surface area contributed by atoms with Crippen LogP contribution in [0.25, 0.3) is 10.2 Å². The largest absolute Gasteiger partial charge is 0.439 e. The maximum atomic E-state index is 13.1. The number of halogens is 2. The molecule has 0 N–H and O–H groups in total. The van der Waals surface area contributed by atoms with E-state index in [9.17, 15) is 13.6 Å². The molecular weight excluding hydrogens is 322 g/mol. The Labute approximate surface area is 134 Å². The normalized spacial score (nSPS) is 19.0. The fraction of sp³-hybridized carbons (Fsp3) is 0.250. The predicted octanol–water partition coefficient (Wildman–Crippen LogP) is 3.91. The smallest absolute Gasteiger partial charge is 0.308 e. The lowest BCUT2D eigenvalue weighted by atomic mass is 10.3. The van der Waals surface area contributed by atoms with Crippen LogP contribution < -0.4 is 9.61 Å². The van der Waals surface area contributed by atoms with Crippen molar-refractivity contribution in [3.05, 3.63) is 52.3 Å². The first-order chi connectivity index (χ1) is 11.0. The van der Waals surface area contributed by atoms with Crippen LogP contribution >= 0.6 is 11.3 Å². The van der Waals surface area contributed by atoms with Gasteiger partial charge in [0.05, 0.1) is 10.2 Å². The molecule has 1 aliphatic rings. The van der Waals surface area contributed by atoms with Crippen LogP contribution in [-0.4, -0.2) is 15.5 Å². The van der Waals surface area contributed by atoms with Gasteiger partial charge in [-0.1, -0.05) is 17.4 Å². The number of rotatable bonds is 4. The van der Waals surface area contributed by atoms with E-state index in [-0.39, 0.29) is 17.8 Å². The van der Waals surface area contributed by atoms with Crippen molar-refractivity contribution in [3.8, 4) is 11.6 Å². The Kier molecular flexibility index (Phi) is 3.19. The summed E-state index contributed by atoms with van der Waals surface area (Å²) in [6, 6.07) is 10.5. The molecule has 4 nitrogen and oxygen atoms in total. The van der Waals surface area contributed by atoms with Gasteiger partial charge in [-0.3, -0.25) is 9.36 Å². The summed E-state index contributed by atoms with van der Waals surface area (Å²) in [5.74, 6) is -2.35. The number of pyridine rings is 1. The van der Waals surface area contributed by atoms with Crippen LogP contribution in [0.2, 0.25) is 0 Å². The second-order valence-electron chi connectivity index (χ2n) is 5.54. The lowest BCUT2D eigenvalue weighted by molar-refractivity contribution is 0.0953. The molecule has 3 aromatic rings. The number of thiazole rings is 1. The third-order valence-electron chi connectivity index (χ3n) is 3.86. The van der Waals surface area contributed by atoms with Gasteiger partial charge in [-0.15, -0.1) is 0 Å². The minimum absolute atomic E-state index is 0.0618. The molecule has 23 heavy (non-hydrogen) atoms. The summed E-state index contributed by atoms with van der Waals surface area (Å²) in [7, 11) is 0. The van der Waals surface area contributed by atoms with E-state index < -0.39 is 11.8 Å². The summed E-state index contributed by atoms with van der Waals surface area (Å²) in [6.07, 6.45) is 1.48. The number of alkyl halides is 2. The number of nitrogens with zero attached hydrogens (tertiary/aromatic N) is 2. The summed E-state index contributed by atoms with van der Waals surface area (Å²) >= 11 is 1.04. The monoisotopic (exact) mass is 334 g/mol. The van der Waals surface area contributed by atoms with Crippen molar-refractivity contribution in [3.63, 3.8) is 0 Å². The fourth-order valence-corrected chi connectivity index (χ4v) is 3.43. The summed E-state index contributed by atoms with van der Waals surface area (Å²) in [5.41, 5.74) is 0.663. The van der Waals surface area contributed by atoms with Gasteiger partial charge in [0.15, 0.2) is 0 Å². The van der Waals surface area contributed by atoms with Crippen LogP contribution in [0, 0.1) is 5.92 Å². The van der Waals surface area contributed by atoms with Gasteiger partial charge in [-0.2, -0.15) is 0 Å². The van der Waals surface area contributed by atoms with Crippen molar-refractivity contribution >= 4 is 21.6 Å². The molecule has 118 valence electrons. The Morgan fingerprint density at radius 3 is 2.87 bits per heavy atom. The average Bonchev–Trinajstić information content (AvgIpc) is 3.00. The quantitative estimate of drug-likeness (QED) is 0.727. The Balaban J connectivity index is 1.64. The molecule has 0 saturated heterocycles. The van der Waals surface area contributed by atoms with Crippen LogP contribution in [-0.2, 0) is 6.54 Å². The van der Waals surface area contributed by atoms with E-state index in [2.05, 4.69) is 4.98 Å². The predicted molar refractivity (Wildman–Crippen MR) is 83.5 cm³/mol. The van der Waals surface area contributed by atoms with E-state index in [0.717, 1.165) is 11.3 Å². The standard InChI is InChI=1S/C16H12F2N2O2S/c17-16(18)8-10(16)9-20-12-5-4-11(7-13(12)23-15(20)21)22-14-3-1-2-6-19-14/h1-7,10H,8-9H2. The molecular formula is C16H12F2N2O2S. The van der Waals surface area contributed by atoms with E-state index in [1.807, 2.05) is 6.07 Å². The lowest BCUT2D eigenvalue weighted by Gasteiger charge is -2.05. The Bertz CT molecular complexity index is 921. The van der Waals surface area contributed by atoms with Gasteiger partial charge in [0, 0.05) is 37.2 Å². The zero-order valence-corrected chi connectivity index (χ0v) is 12.7. The van der Waals surface area contributed by atoms with Gasteiger partial charge in [0.1, 0.15) is 5.75 Å². The van der Waals surface area contributed by atoms with E-state index >= 15 is 0 Å². The highest BCUT2D eigenvalue weighted by molar-refractivity contribution is 7.16. The van der Waals surface area contributed by atoms with Gasteiger partial charge in [0.25, 0.3) is 5.92 Å². The molecule has 7 heteroatoms. The summed E-state index contributed by atoms with van der Waals surface area (Å²) in [6.45, 7) is 0.0618. The molecule has 0 radical (unpaired) electrons. The first-order valence-corrected chi connectivity index (χ1v) is 7.95. The number of aromatic nitrogens is 2. The van der Waals surface area contributed by atoms with Crippen molar-refractivity contribution in [1.82, 2.24) is 9.55 Å². The molecule has 2 heterocycles. The SMILES string of the molecule is O=c1sc2cc(Oc3ccccn3)ccc2n1CC1CC1(F)F. The van der Waals surface area contributed by atoms with Gasteiger partial charge in [-0.25, -0.2) is 13.8 Å². The number of ether oxygens (including phenoxy) is 1. The van der Waals surface area contributed by atoms with Gasteiger partial charge >= 0.3 is 4.87 Å². The summed E-state index contributed by atoms with van der Waals surface area (Å²) in [5, 5.41) is 0. The maximum Gasteiger partial charge on any atom is 0.308 e. The summed E-state index contributed by atoms with van der Waals surface area (Å²) in [4.78, 5) is 15.9. The number of fused-ring (bicyclic) bond motifs is 1. The average molecular weight is 334 g/mol. The van der Waals surface area contributed by atoms with Crippen molar-refractivity contribution in [1.29, 1.82) is 0 Å². The Hall–Kier alpha value is -2.28. The second kappa shape index (κ2) is 5.13. The van der Waals surface area contributed by atoms with Gasteiger partial charge in [-0.05, 0) is 18.2 Å². The molecule has 0 spiro atoms. The van der Waals surface area contributed by atoms with Crippen molar-refractivity contribution in [2.75, 3.05) is 0 Å². The molecule has 0 amide bonds. The Morgan fingerprint density at radius 1 is 1.35 bits per heavy atom. The first kappa shape index (κ1) is 14.3. The molecule has 0 aliphatic heterocycles. The van der Waals surface area contributed by atoms with E-state index in [1.54, 1.807) is 36.5 Å². The van der Waals surface area contributed by atoms with E-state index in [4.69, 9.17) is 4.74 Å². The molecule has 1 saturated carbocycles. The highest BCUT2D eigenvalue weighted by atomic mass is 32.1. The van der Waals surface area contributed by atoms with Crippen molar-refractivity contribution in [2.45, 2.75) is 18.9 Å². The number of hydrogen-bond donors (Lipinski definition) is 0. The molecule has 0 bridgehead atoms. The van der Waals surface area contributed by atoms with Crippen molar-refractivity contribution in [2.24, 2.45) is 5.92 Å². The van der Waals surface area contributed by atoms with E-state index in [1.165, 1.54) is 4.57 Å². The van der Waals surface area contributed by atoms with E-state index in [0.29, 0.717) is 21.8 Å². The maximum absolute atomic E-state index is 13.1.